The van der Waals surface area contributed by atoms with Crippen molar-refractivity contribution in [2.75, 3.05) is 13.6 Å². The Kier molecular flexibility index (Phi) is 7.29. The Morgan fingerprint density at radius 2 is 2.00 bits per heavy atom. The van der Waals surface area contributed by atoms with Gasteiger partial charge in [0, 0.05) is 55.5 Å². The second-order valence-electron chi connectivity index (χ2n) is 6.69. The topological polar surface area (TPSA) is 70.0 Å². The van der Waals surface area contributed by atoms with Gasteiger partial charge < -0.3 is 15.6 Å². The van der Waals surface area contributed by atoms with Crippen LogP contribution in [0.4, 0.5) is 0 Å². The molecule has 0 fully saturated rings. The molecular formula is C20H29IN6. The molecule has 146 valence electrons. The molecule has 0 unspecified atom stereocenters. The lowest BCUT2D eigenvalue weighted by atomic mass is 10.1. The summed E-state index contributed by atoms with van der Waals surface area (Å²) in [5.74, 6) is 0.809. The summed E-state index contributed by atoms with van der Waals surface area (Å²) in [5, 5.41) is 12.5. The van der Waals surface area contributed by atoms with Crippen LogP contribution in [0.2, 0.25) is 0 Å². The third-order valence-corrected chi connectivity index (χ3v) is 5.01. The fraction of sp³-hybridized carbons (Fsp3) is 0.400. The van der Waals surface area contributed by atoms with Gasteiger partial charge in [0.15, 0.2) is 5.96 Å². The standard InChI is InChI=1S/C20H28N6.HI/c1-13-7-6-8-17-16(11-23-19(13)17)9-10-22-20(21-4)24-12-18-14(2)25-26(5)15(18)3;/h6-8,11,23H,9-10,12H2,1-5H3,(H2,21,22,24);1H. The van der Waals surface area contributed by atoms with Crippen molar-refractivity contribution < 1.29 is 0 Å². The maximum Gasteiger partial charge on any atom is 0.191 e. The smallest absolute Gasteiger partial charge is 0.191 e. The average molecular weight is 480 g/mol. The first-order valence-electron chi connectivity index (χ1n) is 9.00. The zero-order chi connectivity index (χ0) is 18.7. The lowest BCUT2D eigenvalue weighted by molar-refractivity contribution is 0.728. The van der Waals surface area contributed by atoms with E-state index in [1.807, 2.05) is 18.7 Å². The van der Waals surface area contributed by atoms with Crippen LogP contribution in [0.25, 0.3) is 10.9 Å². The van der Waals surface area contributed by atoms with Gasteiger partial charge in [0.2, 0.25) is 0 Å². The van der Waals surface area contributed by atoms with Crippen molar-refractivity contribution in [2.45, 2.75) is 33.7 Å². The molecule has 0 saturated heterocycles. The van der Waals surface area contributed by atoms with Crippen LogP contribution in [0, 0.1) is 20.8 Å². The van der Waals surface area contributed by atoms with E-state index in [1.165, 1.54) is 33.3 Å². The van der Waals surface area contributed by atoms with Gasteiger partial charge in [0.25, 0.3) is 0 Å². The number of rotatable bonds is 5. The van der Waals surface area contributed by atoms with Crippen LogP contribution in [0.5, 0.6) is 0 Å². The predicted molar refractivity (Wildman–Crippen MR) is 123 cm³/mol. The summed E-state index contributed by atoms with van der Waals surface area (Å²) in [6.07, 6.45) is 3.05. The molecule has 3 aromatic rings. The summed E-state index contributed by atoms with van der Waals surface area (Å²) in [6.45, 7) is 7.81. The van der Waals surface area contributed by atoms with Crippen molar-refractivity contribution in [1.82, 2.24) is 25.4 Å². The van der Waals surface area contributed by atoms with Crippen molar-refractivity contribution in [3.63, 3.8) is 0 Å². The lowest BCUT2D eigenvalue weighted by Gasteiger charge is -2.12. The Labute approximate surface area is 177 Å². The maximum absolute atomic E-state index is 4.46. The van der Waals surface area contributed by atoms with Crippen LogP contribution in [-0.2, 0) is 20.0 Å². The van der Waals surface area contributed by atoms with Gasteiger partial charge in [-0.2, -0.15) is 5.10 Å². The van der Waals surface area contributed by atoms with Gasteiger partial charge in [-0.1, -0.05) is 18.2 Å². The van der Waals surface area contributed by atoms with Crippen LogP contribution in [0.3, 0.4) is 0 Å². The van der Waals surface area contributed by atoms with Crippen LogP contribution < -0.4 is 10.6 Å². The molecule has 2 aromatic heterocycles. The Bertz CT molecular complexity index is 937. The van der Waals surface area contributed by atoms with Gasteiger partial charge in [-0.25, -0.2) is 0 Å². The Hall–Kier alpha value is -2.03. The number of H-pyrrole nitrogens is 1. The van der Waals surface area contributed by atoms with Crippen LogP contribution in [0.15, 0.2) is 29.4 Å². The molecule has 0 spiro atoms. The molecule has 27 heavy (non-hydrogen) atoms. The normalized spacial score (nSPS) is 11.5. The third kappa shape index (κ3) is 4.63. The van der Waals surface area contributed by atoms with E-state index in [4.69, 9.17) is 0 Å². The molecule has 3 rings (SSSR count). The third-order valence-electron chi connectivity index (χ3n) is 5.01. The molecule has 0 aliphatic rings. The minimum absolute atomic E-state index is 0. The van der Waals surface area contributed by atoms with E-state index < -0.39 is 0 Å². The number of nitrogens with zero attached hydrogens (tertiary/aromatic N) is 3. The Morgan fingerprint density at radius 3 is 2.67 bits per heavy atom. The summed E-state index contributed by atoms with van der Waals surface area (Å²) in [6, 6.07) is 6.42. The average Bonchev–Trinajstić information content (AvgIpc) is 3.14. The largest absolute Gasteiger partial charge is 0.361 e. The van der Waals surface area contributed by atoms with E-state index in [2.05, 4.69) is 64.0 Å². The molecule has 0 saturated carbocycles. The van der Waals surface area contributed by atoms with Crippen molar-refractivity contribution in [1.29, 1.82) is 0 Å². The summed E-state index contributed by atoms with van der Waals surface area (Å²) >= 11 is 0. The molecule has 0 aliphatic heterocycles. The molecule has 0 amide bonds. The highest BCUT2D eigenvalue weighted by Gasteiger charge is 2.10. The number of benzene rings is 1. The number of aromatic amines is 1. The monoisotopic (exact) mass is 480 g/mol. The molecule has 3 N–H and O–H groups in total. The molecule has 2 heterocycles. The first kappa shape index (κ1) is 21.3. The Morgan fingerprint density at radius 1 is 1.22 bits per heavy atom. The van der Waals surface area contributed by atoms with E-state index in [9.17, 15) is 0 Å². The maximum atomic E-state index is 4.46. The first-order chi connectivity index (χ1) is 12.5. The number of hydrogen-bond donors (Lipinski definition) is 3. The van der Waals surface area contributed by atoms with E-state index in [0.29, 0.717) is 0 Å². The number of aromatic nitrogens is 3. The van der Waals surface area contributed by atoms with E-state index in [0.717, 1.165) is 31.2 Å². The van der Waals surface area contributed by atoms with Gasteiger partial charge in [-0.3, -0.25) is 9.67 Å². The van der Waals surface area contributed by atoms with Gasteiger partial charge in [-0.05, 0) is 38.3 Å². The van der Waals surface area contributed by atoms with Crippen molar-refractivity contribution in [2.24, 2.45) is 12.0 Å². The van der Waals surface area contributed by atoms with Gasteiger partial charge in [0.1, 0.15) is 0 Å². The number of hydrogen-bond acceptors (Lipinski definition) is 2. The van der Waals surface area contributed by atoms with Gasteiger partial charge in [0.05, 0.1) is 5.69 Å². The fourth-order valence-electron chi connectivity index (χ4n) is 3.35. The second-order valence-corrected chi connectivity index (χ2v) is 6.69. The van der Waals surface area contributed by atoms with E-state index >= 15 is 0 Å². The molecule has 0 radical (unpaired) electrons. The SMILES string of the molecule is CN=C(NCCc1c[nH]c2c(C)cccc12)NCc1c(C)nn(C)c1C.I. The van der Waals surface area contributed by atoms with Crippen LogP contribution in [-0.4, -0.2) is 34.3 Å². The highest BCUT2D eigenvalue weighted by atomic mass is 127. The number of para-hydroxylation sites is 1. The van der Waals surface area contributed by atoms with Gasteiger partial charge in [-0.15, -0.1) is 24.0 Å². The quantitative estimate of drug-likeness (QED) is 0.298. The number of fused-ring (bicyclic) bond motifs is 1. The highest BCUT2D eigenvalue weighted by Crippen LogP contribution is 2.21. The summed E-state index contributed by atoms with van der Waals surface area (Å²) in [5.41, 5.74) is 7.30. The number of halogens is 1. The van der Waals surface area contributed by atoms with Gasteiger partial charge >= 0.3 is 0 Å². The van der Waals surface area contributed by atoms with Crippen molar-refractivity contribution in [3.8, 4) is 0 Å². The fourth-order valence-corrected chi connectivity index (χ4v) is 3.35. The van der Waals surface area contributed by atoms with Crippen LogP contribution >= 0.6 is 24.0 Å². The molecule has 0 aliphatic carbocycles. The first-order valence-corrected chi connectivity index (χ1v) is 9.00. The lowest BCUT2D eigenvalue weighted by Crippen LogP contribution is -2.38. The van der Waals surface area contributed by atoms with E-state index in [1.54, 1.807) is 7.05 Å². The number of guanidine groups is 1. The van der Waals surface area contributed by atoms with Crippen molar-refractivity contribution >= 4 is 40.8 Å². The zero-order valence-electron chi connectivity index (χ0n) is 16.7. The molecular weight excluding hydrogens is 451 g/mol. The highest BCUT2D eigenvalue weighted by molar-refractivity contribution is 14.0. The molecule has 7 heteroatoms. The summed E-state index contributed by atoms with van der Waals surface area (Å²) in [7, 11) is 3.77. The minimum Gasteiger partial charge on any atom is -0.361 e. The second kappa shape index (κ2) is 9.25. The number of nitrogens with one attached hydrogen (secondary N) is 3. The predicted octanol–water partition coefficient (Wildman–Crippen LogP) is 3.35. The number of aliphatic imine (C=N–C) groups is 1. The molecule has 6 nitrogen and oxygen atoms in total. The summed E-state index contributed by atoms with van der Waals surface area (Å²) in [4.78, 5) is 7.71. The molecule has 0 atom stereocenters. The van der Waals surface area contributed by atoms with Crippen LogP contribution in [0.1, 0.15) is 28.1 Å². The summed E-state index contributed by atoms with van der Waals surface area (Å²) < 4.78 is 1.92. The van der Waals surface area contributed by atoms with Crippen molar-refractivity contribution in [3.05, 3.63) is 52.5 Å². The van der Waals surface area contributed by atoms with E-state index in [-0.39, 0.29) is 24.0 Å². The molecule has 0 bridgehead atoms. The minimum atomic E-state index is 0. The number of aryl methyl sites for hydroxylation is 3. The zero-order valence-corrected chi connectivity index (χ0v) is 19.0. The Balaban J connectivity index is 0.00000261. The molecule has 1 aromatic carbocycles.